The van der Waals surface area contributed by atoms with Crippen molar-refractivity contribution in [3.8, 4) is 0 Å². The molecule has 0 spiro atoms. The smallest absolute Gasteiger partial charge is 0.379 e. The first-order valence-electron chi connectivity index (χ1n) is 25.5. The molecule has 1 saturated carbocycles. The second kappa shape index (κ2) is 19.3. The topological polar surface area (TPSA) is 146 Å². The second-order valence-corrected chi connectivity index (χ2v) is 21.1. The minimum absolute atomic E-state index is 0.00436. The molecule has 5 fully saturated rings. The normalized spacial score (nSPS) is 24.6. The van der Waals surface area contributed by atoms with Gasteiger partial charge in [-0.1, -0.05) is 12.1 Å². The monoisotopic (exact) mass is 995 g/mol. The van der Waals surface area contributed by atoms with Gasteiger partial charge in [0.2, 0.25) is 11.8 Å². The number of aromatic nitrogens is 3. The number of ether oxygens (including phenoxy) is 2. The van der Waals surface area contributed by atoms with Crippen LogP contribution < -0.4 is 15.1 Å². The van der Waals surface area contributed by atoms with Crippen LogP contribution in [0.3, 0.4) is 0 Å². The van der Waals surface area contributed by atoms with Crippen molar-refractivity contribution >= 4 is 35.0 Å². The van der Waals surface area contributed by atoms with E-state index in [0.29, 0.717) is 74.2 Å². The van der Waals surface area contributed by atoms with Crippen LogP contribution in [0.2, 0.25) is 0 Å². The van der Waals surface area contributed by atoms with Crippen molar-refractivity contribution in [2.24, 2.45) is 13.0 Å². The molecule has 1 N–H and O–H groups in total. The number of hydrogen-bond donors (Lipinski definition) is 1. The molecule has 382 valence electrons. The first-order valence-corrected chi connectivity index (χ1v) is 25.5. The Hall–Kier alpha value is -5.76. The zero-order valence-corrected chi connectivity index (χ0v) is 40.8. The maximum absolute atomic E-state index is 16.0. The van der Waals surface area contributed by atoms with Gasteiger partial charge in [-0.05, 0) is 111 Å². The molecule has 1 aliphatic carbocycles. The summed E-state index contributed by atoms with van der Waals surface area (Å²) in [6.45, 7) is 7.93. The number of piperazine rings is 1. The molecule has 4 amide bonds. The molecule has 19 heteroatoms. The molecule has 7 heterocycles. The van der Waals surface area contributed by atoms with Crippen molar-refractivity contribution < 1.29 is 46.2 Å². The zero-order valence-electron chi connectivity index (χ0n) is 40.8. The average Bonchev–Trinajstić information content (AvgIpc) is 4.04. The van der Waals surface area contributed by atoms with Gasteiger partial charge in [0.05, 0.1) is 49.8 Å². The van der Waals surface area contributed by atoms with Gasteiger partial charge >= 0.3 is 6.18 Å². The predicted molar refractivity (Wildman–Crippen MR) is 257 cm³/mol. The lowest BCUT2D eigenvalue weighted by molar-refractivity contribution is -0.138. The summed E-state index contributed by atoms with van der Waals surface area (Å²) in [6.07, 6.45) is 3.77. The van der Waals surface area contributed by atoms with E-state index in [0.717, 1.165) is 69.5 Å². The highest BCUT2D eigenvalue weighted by atomic mass is 19.4. The van der Waals surface area contributed by atoms with Gasteiger partial charge in [0.1, 0.15) is 18.2 Å². The number of hydrogen-bond acceptors (Lipinski definition) is 11. The van der Waals surface area contributed by atoms with Gasteiger partial charge < -0.3 is 33.6 Å². The maximum atomic E-state index is 16.0. The van der Waals surface area contributed by atoms with Crippen LogP contribution in [0.4, 0.5) is 28.9 Å². The second-order valence-electron chi connectivity index (χ2n) is 21.1. The summed E-state index contributed by atoms with van der Waals surface area (Å²) < 4.78 is 74.7. The van der Waals surface area contributed by atoms with Gasteiger partial charge in [0, 0.05) is 99.5 Å². The van der Waals surface area contributed by atoms with E-state index in [1.54, 1.807) is 30.6 Å². The lowest BCUT2D eigenvalue weighted by Crippen LogP contribution is -2.52. The highest BCUT2D eigenvalue weighted by Gasteiger charge is 2.45. The van der Waals surface area contributed by atoms with E-state index >= 15 is 4.39 Å². The number of alkyl halides is 3. The minimum Gasteiger partial charge on any atom is -0.379 e. The Bertz CT molecular complexity index is 2760. The zero-order chi connectivity index (χ0) is 50.1. The summed E-state index contributed by atoms with van der Waals surface area (Å²) in [5, 5.41) is 10.6. The number of halogens is 4. The average molecular weight is 996 g/mol. The van der Waals surface area contributed by atoms with Crippen molar-refractivity contribution in [2.45, 2.75) is 114 Å². The summed E-state index contributed by atoms with van der Waals surface area (Å²) >= 11 is 0. The van der Waals surface area contributed by atoms with Crippen LogP contribution in [0.5, 0.6) is 0 Å². The summed E-state index contributed by atoms with van der Waals surface area (Å²) in [5.41, 5.74) is 1.96. The Balaban J connectivity index is 0.650. The molecule has 4 aromatic rings. The third-order valence-electron chi connectivity index (χ3n) is 16.7. The highest BCUT2D eigenvalue weighted by molar-refractivity contribution is 6.10. The molecule has 0 radical (unpaired) electrons. The first-order chi connectivity index (χ1) is 34.6. The number of nitrogens with one attached hydrogen (secondary N) is 1. The van der Waals surface area contributed by atoms with Gasteiger partial charge in [-0.15, -0.1) is 10.2 Å². The lowest BCUT2D eigenvalue weighted by Gasteiger charge is -2.42. The third-order valence-corrected chi connectivity index (χ3v) is 16.7. The van der Waals surface area contributed by atoms with E-state index in [1.165, 1.54) is 15.9 Å². The fraction of sp³-hybridized carbons (Fsp3) is 0.547. The van der Waals surface area contributed by atoms with E-state index in [-0.39, 0.29) is 72.2 Å². The Morgan fingerprint density at radius 1 is 0.847 bits per heavy atom. The summed E-state index contributed by atoms with van der Waals surface area (Å²) in [6, 6.07) is 12.6. The number of imide groups is 1. The molecule has 2 atom stereocenters. The van der Waals surface area contributed by atoms with Crippen LogP contribution in [-0.2, 0) is 57.2 Å². The standard InChI is InChI=1S/C53H61F4N9O6/c1-32(34-22-40-41(43(23-34)53(55,56)57)27-65(51(40)70)36-5-3-4-35(24-36)52(29-71-30-52)25-46-60-58-31-61(46)2)63-20-18-62(19-21-63)26-33-6-8-37(9-7-33)72-38-14-16-64(17-15-38)44-11-10-39-42(48(44)54)28-66(50(39)69)45-12-13-47(67)59-49(45)68/h3-5,10-11,22-24,31-33,37-38,45H,6-9,12-21,25-30H2,1-2H3,(H,59,67,68)/t32?,33-,37-,45?. The predicted octanol–water partition coefficient (Wildman–Crippen LogP) is 6.33. The summed E-state index contributed by atoms with van der Waals surface area (Å²) in [5.74, 6) is -0.823. The molecular formula is C53H61F4N9O6. The molecule has 2 unspecified atom stereocenters. The van der Waals surface area contributed by atoms with Gasteiger partial charge in [-0.3, -0.25) is 29.4 Å². The largest absolute Gasteiger partial charge is 0.416 e. The molecule has 6 aliphatic heterocycles. The number of fused-ring (bicyclic) bond motifs is 2. The number of benzene rings is 3. The molecule has 0 bridgehead atoms. The minimum atomic E-state index is -4.64. The number of nitrogens with zero attached hydrogens (tertiary/aromatic N) is 8. The van der Waals surface area contributed by atoms with E-state index in [2.05, 4.69) is 25.3 Å². The van der Waals surface area contributed by atoms with E-state index < -0.39 is 41.3 Å². The Morgan fingerprint density at radius 2 is 1.60 bits per heavy atom. The SMILES string of the molecule is CC(c1cc2c(c(C(F)(F)F)c1)CN(c1cccc(C3(Cc4nncn4C)COC3)c1)C2=O)N1CCN(C[C@H]2CC[C@H](OC3CCN(c4ccc5c(c4F)CN(C4CCC(=O)NC4=O)C5=O)CC3)CC2)CC1. The Kier molecular flexibility index (Phi) is 13.0. The first kappa shape index (κ1) is 48.5. The van der Waals surface area contributed by atoms with E-state index in [1.807, 2.05) is 41.6 Å². The molecule has 1 aromatic heterocycles. The van der Waals surface area contributed by atoms with Gasteiger partial charge in [0.15, 0.2) is 5.82 Å². The number of aryl methyl sites for hydroxylation is 1. The van der Waals surface area contributed by atoms with Gasteiger partial charge in [0.25, 0.3) is 11.8 Å². The van der Waals surface area contributed by atoms with Crippen LogP contribution >= 0.6 is 0 Å². The van der Waals surface area contributed by atoms with Gasteiger partial charge in [-0.2, -0.15) is 13.2 Å². The van der Waals surface area contributed by atoms with Crippen molar-refractivity contribution in [3.63, 3.8) is 0 Å². The number of carbonyl (C=O) groups is 4. The number of carbonyl (C=O) groups excluding carboxylic acids is 4. The van der Waals surface area contributed by atoms with Crippen LogP contribution in [0.25, 0.3) is 0 Å². The van der Waals surface area contributed by atoms with Crippen LogP contribution in [0.15, 0.2) is 54.9 Å². The number of piperidine rings is 2. The molecule has 7 aliphatic rings. The number of rotatable bonds is 12. The fourth-order valence-electron chi connectivity index (χ4n) is 12.3. The molecule has 15 nitrogen and oxygen atoms in total. The highest BCUT2D eigenvalue weighted by Crippen LogP contribution is 2.43. The molecular weight excluding hydrogens is 935 g/mol. The van der Waals surface area contributed by atoms with Crippen LogP contribution in [0.1, 0.15) is 119 Å². The van der Waals surface area contributed by atoms with Crippen molar-refractivity contribution in [3.05, 3.63) is 105 Å². The molecule has 4 saturated heterocycles. The molecule has 72 heavy (non-hydrogen) atoms. The Morgan fingerprint density at radius 3 is 2.28 bits per heavy atom. The van der Waals surface area contributed by atoms with Crippen LogP contribution in [-0.4, -0.2) is 130 Å². The van der Waals surface area contributed by atoms with Gasteiger partial charge in [-0.25, -0.2) is 4.39 Å². The van der Waals surface area contributed by atoms with Crippen molar-refractivity contribution in [2.75, 3.05) is 68.8 Å². The number of amides is 4. The fourth-order valence-corrected chi connectivity index (χ4v) is 12.3. The molecule has 11 rings (SSSR count). The quantitative estimate of drug-likeness (QED) is 0.126. The Labute approximate surface area is 415 Å². The third kappa shape index (κ3) is 9.19. The van der Waals surface area contributed by atoms with E-state index in [4.69, 9.17) is 9.47 Å². The summed E-state index contributed by atoms with van der Waals surface area (Å²) in [4.78, 5) is 61.0. The van der Waals surface area contributed by atoms with Crippen LogP contribution in [0, 0.1) is 11.7 Å². The van der Waals surface area contributed by atoms with E-state index in [9.17, 15) is 32.3 Å². The summed E-state index contributed by atoms with van der Waals surface area (Å²) in [7, 11) is 1.88. The number of anilines is 2. The van der Waals surface area contributed by atoms with Crippen molar-refractivity contribution in [1.29, 1.82) is 0 Å². The van der Waals surface area contributed by atoms with Crippen molar-refractivity contribution in [1.82, 2.24) is 34.8 Å². The molecule has 3 aromatic carbocycles. The maximum Gasteiger partial charge on any atom is 0.416 e. The lowest BCUT2D eigenvalue weighted by atomic mass is 9.75.